The number of carbonyl (C=O) groups excluding carboxylic acids is 1. The molecule has 0 spiro atoms. The molecule has 1 saturated heterocycles. The molecule has 106 valence electrons. The number of thioether (sulfide) groups is 1. The van der Waals surface area contributed by atoms with Crippen molar-refractivity contribution in [2.75, 3.05) is 11.5 Å². The molecule has 2 aliphatic carbocycles. The Balaban J connectivity index is 1.53. The highest BCUT2D eigenvalue weighted by Crippen LogP contribution is 2.48. The van der Waals surface area contributed by atoms with E-state index in [-0.39, 0.29) is 29.7 Å². The standard InChI is InChI=1S/C14H21NO3S/c16-13(8-1-3-19-4-2-8)15-12-7-9-5-10(12)6-11(9)14(17)18/h8-12H,1-7H2,(H,15,16)(H,17,18)/t9-,10-,11-,12-/m1/s1. The Hall–Kier alpha value is -0.710. The molecule has 1 amide bonds. The van der Waals surface area contributed by atoms with Gasteiger partial charge in [0, 0.05) is 12.0 Å². The first-order chi connectivity index (χ1) is 9.15. The molecule has 1 aliphatic heterocycles. The Labute approximate surface area is 117 Å². The van der Waals surface area contributed by atoms with Crippen LogP contribution in [0.4, 0.5) is 0 Å². The summed E-state index contributed by atoms with van der Waals surface area (Å²) in [6.07, 6.45) is 4.60. The Kier molecular flexibility index (Phi) is 3.74. The predicted molar refractivity (Wildman–Crippen MR) is 73.9 cm³/mol. The number of fused-ring (bicyclic) bond motifs is 2. The molecule has 3 rings (SSSR count). The van der Waals surface area contributed by atoms with Crippen LogP contribution < -0.4 is 5.32 Å². The maximum Gasteiger partial charge on any atom is 0.306 e. The van der Waals surface area contributed by atoms with Gasteiger partial charge in [0.2, 0.25) is 5.91 Å². The number of hydrogen-bond acceptors (Lipinski definition) is 3. The first-order valence-corrected chi connectivity index (χ1v) is 8.41. The lowest BCUT2D eigenvalue weighted by Gasteiger charge is -2.29. The number of amides is 1. The van der Waals surface area contributed by atoms with Crippen molar-refractivity contribution >= 4 is 23.6 Å². The summed E-state index contributed by atoms with van der Waals surface area (Å²) in [5.74, 6) is 2.46. The van der Waals surface area contributed by atoms with Crippen molar-refractivity contribution in [1.29, 1.82) is 0 Å². The molecule has 2 saturated carbocycles. The molecule has 4 nitrogen and oxygen atoms in total. The van der Waals surface area contributed by atoms with Crippen LogP contribution in [0.1, 0.15) is 32.1 Å². The van der Waals surface area contributed by atoms with Gasteiger partial charge in [0.25, 0.3) is 0 Å². The molecular weight excluding hydrogens is 262 g/mol. The van der Waals surface area contributed by atoms with Crippen LogP contribution in [0, 0.1) is 23.7 Å². The number of hydrogen-bond donors (Lipinski definition) is 2. The number of carboxylic acids is 1. The molecule has 3 fully saturated rings. The van der Waals surface area contributed by atoms with Crippen LogP contribution in [-0.4, -0.2) is 34.5 Å². The molecule has 0 aromatic heterocycles. The highest BCUT2D eigenvalue weighted by Gasteiger charge is 2.49. The molecule has 2 N–H and O–H groups in total. The average Bonchev–Trinajstić information content (AvgIpc) is 2.99. The second-order valence-corrected chi connectivity index (χ2v) is 7.40. The maximum absolute atomic E-state index is 12.2. The van der Waals surface area contributed by atoms with Crippen LogP contribution in [0.3, 0.4) is 0 Å². The van der Waals surface area contributed by atoms with E-state index in [2.05, 4.69) is 5.32 Å². The van der Waals surface area contributed by atoms with E-state index in [1.807, 2.05) is 11.8 Å². The quantitative estimate of drug-likeness (QED) is 0.828. The average molecular weight is 283 g/mol. The first-order valence-electron chi connectivity index (χ1n) is 7.26. The van der Waals surface area contributed by atoms with Gasteiger partial charge in [-0.1, -0.05) is 0 Å². The number of nitrogens with one attached hydrogen (secondary N) is 1. The smallest absolute Gasteiger partial charge is 0.306 e. The van der Waals surface area contributed by atoms with E-state index < -0.39 is 5.97 Å². The normalized spacial score (nSPS) is 38.3. The van der Waals surface area contributed by atoms with Gasteiger partial charge in [-0.2, -0.15) is 11.8 Å². The molecule has 0 aromatic rings. The Morgan fingerprint density at radius 1 is 1.05 bits per heavy atom. The SMILES string of the molecule is O=C(N[C@@H]1C[C@H]2C[C@@H]1C[C@H]2C(=O)O)C1CCSCC1. The maximum atomic E-state index is 12.2. The summed E-state index contributed by atoms with van der Waals surface area (Å²) < 4.78 is 0. The third-order valence-corrected chi connectivity index (χ3v) is 6.14. The highest BCUT2D eigenvalue weighted by atomic mass is 32.2. The molecule has 3 aliphatic rings. The summed E-state index contributed by atoms with van der Waals surface area (Å²) in [5, 5.41) is 12.3. The van der Waals surface area contributed by atoms with Crippen LogP contribution in [0.2, 0.25) is 0 Å². The molecule has 0 aromatic carbocycles. The predicted octanol–water partition coefficient (Wildman–Crippen LogP) is 1.75. The summed E-state index contributed by atoms with van der Waals surface area (Å²) in [4.78, 5) is 23.3. The van der Waals surface area contributed by atoms with E-state index in [1.165, 1.54) is 0 Å². The molecule has 0 radical (unpaired) electrons. The lowest BCUT2D eigenvalue weighted by atomic mass is 9.85. The Morgan fingerprint density at radius 2 is 1.79 bits per heavy atom. The zero-order chi connectivity index (χ0) is 13.4. The van der Waals surface area contributed by atoms with Gasteiger partial charge >= 0.3 is 5.97 Å². The third kappa shape index (κ3) is 2.62. The second kappa shape index (κ2) is 5.35. The minimum atomic E-state index is -0.651. The molecule has 19 heavy (non-hydrogen) atoms. The van der Waals surface area contributed by atoms with Gasteiger partial charge in [-0.05, 0) is 55.4 Å². The minimum absolute atomic E-state index is 0.163. The van der Waals surface area contributed by atoms with Gasteiger partial charge in [-0.3, -0.25) is 9.59 Å². The van der Waals surface area contributed by atoms with Gasteiger partial charge < -0.3 is 10.4 Å². The van der Waals surface area contributed by atoms with E-state index in [9.17, 15) is 9.59 Å². The zero-order valence-corrected chi connectivity index (χ0v) is 11.8. The van der Waals surface area contributed by atoms with Crippen molar-refractivity contribution in [2.45, 2.75) is 38.1 Å². The van der Waals surface area contributed by atoms with Crippen LogP contribution in [0.25, 0.3) is 0 Å². The van der Waals surface area contributed by atoms with E-state index in [4.69, 9.17) is 5.11 Å². The summed E-state index contributed by atoms with van der Waals surface area (Å²) in [6, 6.07) is 0.239. The lowest BCUT2D eigenvalue weighted by Crippen LogP contribution is -2.44. The molecule has 1 heterocycles. The Morgan fingerprint density at radius 3 is 2.37 bits per heavy atom. The summed E-state index contributed by atoms with van der Waals surface area (Å²) in [5.41, 5.74) is 0. The van der Waals surface area contributed by atoms with Crippen molar-refractivity contribution in [3.05, 3.63) is 0 Å². The van der Waals surface area contributed by atoms with Crippen LogP contribution in [0.15, 0.2) is 0 Å². The third-order valence-electron chi connectivity index (χ3n) is 5.09. The van der Waals surface area contributed by atoms with E-state index in [0.29, 0.717) is 5.92 Å². The molecule has 5 heteroatoms. The van der Waals surface area contributed by atoms with Gasteiger partial charge in [-0.15, -0.1) is 0 Å². The van der Waals surface area contributed by atoms with Gasteiger partial charge in [-0.25, -0.2) is 0 Å². The van der Waals surface area contributed by atoms with E-state index in [1.54, 1.807) is 0 Å². The zero-order valence-electron chi connectivity index (χ0n) is 11.0. The van der Waals surface area contributed by atoms with Crippen molar-refractivity contribution in [2.24, 2.45) is 23.7 Å². The van der Waals surface area contributed by atoms with Crippen LogP contribution in [-0.2, 0) is 9.59 Å². The fourth-order valence-electron chi connectivity index (χ4n) is 4.02. The van der Waals surface area contributed by atoms with Crippen LogP contribution >= 0.6 is 11.8 Å². The van der Waals surface area contributed by atoms with Crippen molar-refractivity contribution < 1.29 is 14.7 Å². The van der Waals surface area contributed by atoms with E-state index in [0.717, 1.165) is 43.6 Å². The topological polar surface area (TPSA) is 66.4 Å². The monoisotopic (exact) mass is 283 g/mol. The van der Waals surface area contributed by atoms with Gasteiger partial charge in [0.05, 0.1) is 5.92 Å². The molecule has 2 bridgehead atoms. The van der Waals surface area contributed by atoms with Gasteiger partial charge in [0.15, 0.2) is 0 Å². The number of carbonyl (C=O) groups is 2. The highest BCUT2D eigenvalue weighted by molar-refractivity contribution is 7.99. The summed E-state index contributed by atoms with van der Waals surface area (Å²) in [7, 11) is 0. The molecule has 4 atom stereocenters. The summed E-state index contributed by atoms with van der Waals surface area (Å²) >= 11 is 1.93. The van der Waals surface area contributed by atoms with Crippen molar-refractivity contribution in [1.82, 2.24) is 5.32 Å². The van der Waals surface area contributed by atoms with Gasteiger partial charge in [0.1, 0.15) is 0 Å². The van der Waals surface area contributed by atoms with Crippen LogP contribution in [0.5, 0.6) is 0 Å². The Bertz CT molecular complexity index is 381. The second-order valence-electron chi connectivity index (χ2n) is 6.17. The largest absolute Gasteiger partial charge is 0.481 e. The minimum Gasteiger partial charge on any atom is -0.481 e. The molecular formula is C14H21NO3S. The lowest BCUT2D eigenvalue weighted by molar-refractivity contribution is -0.143. The number of carboxylic acid groups (broad SMARTS) is 1. The fourth-order valence-corrected chi connectivity index (χ4v) is 5.12. The summed E-state index contributed by atoms with van der Waals surface area (Å²) in [6.45, 7) is 0. The fraction of sp³-hybridized carbons (Fsp3) is 0.857. The van der Waals surface area contributed by atoms with Crippen molar-refractivity contribution in [3.8, 4) is 0 Å². The van der Waals surface area contributed by atoms with Crippen molar-refractivity contribution in [3.63, 3.8) is 0 Å². The number of aliphatic carboxylic acids is 1. The number of rotatable bonds is 3. The van der Waals surface area contributed by atoms with E-state index >= 15 is 0 Å². The molecule has 0 unspecified atom stereocenters. The first kappa shape index (κ1) is 13.3.